The molecule has 2 heterocycles. The molecule has 3 aromatic rings. The molecule has 0 atom stereocenters. The monoisotopic (exact) mass is 255 g/mol. The molecule has 0 aliphatic heterocycles. The van der Waals surface area contributed by atoms with Gasteiger partial charge in [0.05, 0.1) is 18.2 Å². The van der Waals surface area contributed by atoms with Crippen LogP contribution in [0.5, 0.6) is 11.5 Å². The number of aromatic nitrogens is 3. The second-order valence-electron chi connectivity index (χ2n) is 4.27. The van der Waals surface area contributed by atoms with Gasteiger partial charge >= 0.3 is 0 Å². The van der Waals surface area contributed by atoms with Crippen molar-refractivity contribution in [2.45, 2.75) is 6.92 Å². The third-order valence-electron chi connectivity index (χ3n) is 2.96. The molecule has 2 aromatic heterocycles. The number of aromatic hydroxyl groups is 1. The number of nitrogens with one attached hydrogen (secondary N) is 1. The number of para-hydroxylation sites is 1. The van der Waals surface area contributed by atoms with E-state index in [1.165, 1.54) is 7.11 Å². The Morgan fingerprint density at radius 3 is 2.79 bits per heavy atom. The van der Waals surface area contributed by atoms with E-state index >= 15 is 0 Å². The molecule has 0 bridgehead atoms. The molecule has 0 saturated heterocycles. The SMILES string of the molecule is COc1cccc(-c2nc3nc(C)ccc3[nH]2)c1O. The maximum Gasteiger partial charge on any atom is 0.178 e. The number of methoxy groups -OCH3 is 1. The van der Waals surface area contributed by atoms with Gasteiger partial charge in [-0.05, 0) is 31.2 Å². The number of phenols is 1. The fraction of sp³-hybridized carbons (Fsp3) is 0.143. The molecule has 1 aromatic carbocycles. The second kappa shape index (κ2) is 4.28. The molecular weight excluding hydrogens is 242 g/mol. The molecule has 0 unspecified atom stereocenters. The van der Waals surface area contributed by atoms with Crippen LogP contribution in [0.3, 0.4) is 0 Å². The summed E-state index contributed by atoms with van der Waals surface area (Å²) >= 11 is 0. The zero-order valence-corrected chi connectivity index (χ0v) is 10.6. The summed E-state index contributed by atoms with van der Waals surface area (Å²) < 4.78 is 5.09. The molecule has 0 spiro atoms. The van der Waals surface area contributed by atoms with Crippen molar-refractivity contribution in [2.75, 3.05) is 7.11 Å². The first-order chi connectivity index (χ1) is 9.19. The van der Waals surface area contributed by atoms with Crippen molar-refractivity contribution < 1.29 is 9.84 Å². The minimum Gasteiger partial charge on any atom is -0.504 e. The van der Waals surface area contributed by atoms with E-state index in [9.17, 15) is 5.11 Å². The number of pyridine rings is 1. The number of nitrogens with zero attached hydrogens (tertiary/aromatic N) is 2. The smallest absolute Gasteiger partial charge is 0.178 e. The third-order valence-corrected chi connectivity index (χ3v) is 2.96. The van der Waals surface area contributed by atoms with Crippen LogP contribution in [0.15, 0.2) is 30.3 Å². The van der Waals surface area contributed by atoms with Crippen LogP contribution in [0.4, 0.5) is 0 Å². The van der Waals surface area contributed by atoms with Gasteiger partial charge in [0.15, 0.2) is 17.1 Å². The molecular formula is C14H13N3O2. The van der Waals surface area contributed by atoms with Gasteiger partial charge in [-0.15, -0.1) is 0 Å². The highest BCUT2D eigenvalue weighted by Gasteiger charge is 2.13. The first kappa shape index (κ1) is 11.5. The molecule has 5 heteroatoms. The van der Waals surface area contributed by atoms with Crippen LogP contribution >= 0.6 is 0 Å². The average Bonchev–Trinajstić information content (AvgIpc) is 2.81. The highest BCUT2D eigenvalue weighted by atomic mass is 16.5. The molecule has 5 nitrogen and oxygen atoms in total. The Hall–Kier alpha value is -2.56. The maximum atomic E-state index is 10.1. The van der Waals surface area contributed by atoms with Crippen LogP contribution < -0.4 is 4.74 Å². The van der Waals surface area contributed by atoms with Crippen LogP contribution in [0.25, 0.3) is 22.6 Å². The van der Waals surface area contributed by atoms with E-state index in [-0.39, 0.29) is 5.75 Å². The number of fused-ring (bicyclic) bond motifs is 1. The molecule has 0 aliphatic rings. The van der Waals surface area contributed by atoms with Crippen molar-refractivity contribution in [1.29, 1.82) is 0 Å². The summed E-state index contributed by atoms with van der Waals surface area (Å²) in [5.74, 6) is 1.06. The summed E-state index contributed by atoms with van der Waals surface area (Å²) in [6, 6.07) is 9.12. The first-order valence-corrected chi connectivity index (χ1v) is 5.89. The van der Waals surface area contributed by atoms with Gasteiger partial charge in [-0.3, -0.25) is 0 Å². The van der Waals surface area contributed by atoms with E-state index in [0.717, 1.165) is 11.2 Å². The summed E-state index contributed by atoms with van der Waals surface area (Å²) in [5, 5.41) is 10.1. The zero-order chi connectivity index (χ0) is 13.4. The predicted molar refractivity (Wildman–Crippen MR) is 72.3 cm³/mol. The van der Waals surface area contributed by atoms with Crippen LogP contribution in [0.1, 0.15) is 5.69 Å². The van der Waals surface area contributed by atoms with Crippen molar-refractivity contribution in [3.8, 4) is 22.9 Å². The number of benzene rings is 1. The van der Waals surface area contributed by atoms with E-state index in [1.54, 1.807) is 18.2 Å². The number of H-pyrrole nitrogens is 1. The van der Waals surface area contributed by atoms with Crippen molar-refractivity contribution in [1.82, 2.24) is 15.0 Å². The summed E-state index contributed by atoms with van der Waals surface area (Å²) in [6.45, 7) is 1.91. The van der Waals surface area contributed by atoms with Gasteiger partial charge in [-0.25, -0.2) is 9.97 Å². The summed E-state index contributed by atoms with van der Waals surface area (Å²) in [4.78, 5) is 11.9. The molecule has 19 heavy (non-hydrogen) atoms. The van der Waals surface area contributed by atoms with Gasteiger partial charge in [0, 0.05) is 5.69 Å². The fourth-order valence-corrected chi connectivity index (χ4v) is 1.99. The highest BCUT2D eigenvalue weighted by Crippen LogP contribution is 2.35. The Morgan fingerprint density at radius 1 is 1.16 bits per heavy atom. The Bertz CT molecular complexity index is 750. The second-order valence-corrected chi connectivity index (χ2v) is 4.27. The molecule has 96 valence electrons. The fourth-order valence-electron chi connectivity index (χ4n) is 1.99. The van der Waals surface area contributed by atoms with Gasteiger partial charge < -0.3 is 14.8 Å². The third kappa shape index (κ3) is 1.89. The Labute approximate surface area is 109 Å². The van der Waals surface area contributed by atoms with E-state index in [4.69, 9.17) is 4.74 Å². The molecule has 2 N–H and O–H groups in total. The molecule has 0 saturated carbocycles. The number of hydrogen-bond donors (Lipinski definition) is 2. The largest absolute Gasteiger partial charge is 0.504 e. The van der Waals surface area contributed by atoms with Gasteiger partial charge in [-0.1, -0.05) is 6.07 Å². The Balaban J connectivity index is 2.19. The van der Waals surface area contributed by atoms with Crippen LogP contribution in [0, 0.1) is 6.92 Å². The summed E-state index contributed by atoms with van der Waals surface area (Å²) in [7, 11) is 1.52. The van der Waals surface area contributed by atoms with Gasteiger partial charge in [0.2, 0.25) is 0 Å². The minimum atomic E-state index is 0.0702. The van der Waals surface area contributed by atoms with E-state index in [1.807, 2.05) is 19.1 Å². The summed E-state index contributed by atoms with van der Waals surface area (Å²) in [5.41, 5.74) is 2.97. The van der Waals surface area contributed by atoms with E-state index in [2.05, 4.69) is 15.0 Å². The highest BCUT2D eigenvalue weighted by molar-refractivity contribution is 5.78. The number of imidazole rings is 1. The maximum absolute atomic E-state index is 10.1. The molecule has 0 aliphatic carbocycles. The lowest BCUT2D eigenvalue weighted by molar-refractivity contribution is 0.374. The predicted octanol–water partition coefficient (Wildman–Crippen LogP) is 2.65. The zero-order valence-electron chi connectivity index (χ0n) is 10.6. The Morgan fingerprint density at radius 2 is 2.00 bits per heavy atom. The van der Waals surface area contributed by atoms with Crippen LogP contribution in [0.2, 0.25) is 0 Å². The normalized spacial score (nSPS) is 10.8. The number of ether oxygens (including phenoxy) is 1. The van der Waals surface area contributed by atoms with E-state index in [0.29, 0.717) is 22.8 Å². The molecule has 0 radical (unpaired) electrons. The number of aromatic amines is 1. The van der Waals surface area contributed by atoms with Crippen molar-refractivity contribution >= 4 is 11.2 Å². The lowest BCUT2D eigenvalue weighted by atomic mass is 10.2. The minimum absolute atomic E-state index is 0.0702. The number of hydrogen-bond acceptors (Lipinski definition) is 4. The van der Waals surface area contributed by atoms with Crippen LogP contribution in [-0.4, -0.2) is 27.2 Å². The summed E-state index contributed by atoms with van der Waals surface area (Å²) in [6.07, 6.45) is 0. The number of aryl methyl sites for hydroxylation is 1. The van der Waals surface area contributed by atoms with Gasteiger partial charge in [0.25, 0.3) is 0 Å². The average molecular weight is 255 g/mol. The lowest BCUT2D eigenvalue weighted by Crippen LogP contribution is -1.87. The number of phenolic OH excluding ortho intramolecular Hbond substituents is 1. The van der Waals surface area contributed by atoms with Crippen molar-refractivity contribution in [3.05, 3.63) is 36.0 Å². The molecule has 0 fully saturated rings. The molecule has 3 rings (SSSR count). The first-order valence-electron chi connectivity index (χ1n) is 5.89. The Kier molecular flexibility index (Phi) is 2.59. The standard InChI is InChI=1S/C14H13N3O2/c1-8-6-7-10-14(15-8)17-13(16-10)9-4-3-5-11(19-2)12(9)18/h3-7,18H,1-2H3,(H,15,16,17). The number of rotatable bonds is 2. The molecule has 0 amide bonds. The van der Waals surface area contributed by atoms with Crippen LogP contribution in [-0.2, 0) is 0 Å². The topological polar surface area (TPSA) is 71.0 Å². The lowest BCUT2D eigenvalue weighted by Gasteiger charge is -2.06. The van der Waals surface area contributed by atoms with E-state index < -0.39 is 0 Å². The van der Waals surface area contributed by atoms with Crippen molar-refractivity contribution in [3.63, 3.8) is 0 Å². The van der Waals surface area contributed by atoms with Crippen molar-refractivity contribution in [2.24, 2.45) is 0 Å². The van der Waals surface area contributed by atoms with Gasteiger partial charge in [0.1, 0.15) is 5.82 Å². The quantitative estimate of drug-likeness (QED) is 0.738. The van der Waals surface area contributed by atoms with Gasteiger partial charge in [-0.2, -0.15) is 0 Å².